The molecular weight excluding hydrogens is 324 g/mol. The number of aryl methyl sites for hydroxylation is 1. The third kappa shape index (κ3) is 3.61. The molecule has 0 fully saturated rings. The number of hydrogen-bond acceptors (Lipinski definition) is 4. The Bertz CT molecular complexity index is 824. The van der Waals surface area contributed by atoms with Crippen molar-refractivity contribution in [1.82, 2.24) is 5.32 Å². The molecule has 5 nitrogen and oxygen atoms in total. The number of para-hydroxylation sites is 1. The molecule has 128 valence electrons. The van der Waals surface area contributed by atoms with Gasteiger partial charge in [0.2, 0.25) is 10.0 Å². The summed E-state index contributed by atoms with van der Waals surface area (Å²) in [5.41, 5.74) is 2.77. The Hall–Kier alpha value is -1.89. The molecule has 0 aliphatic carbocycles. The van der Waals surface area contributed by atoms with Crippen molar-refractivity contribution in [2.45, 2.75) is 37.3 Å². The first-order valence-corrected chi connectivity index (χ1v) is 9.50. The molecule has 2 atom stereocenters. The molecule has 6 heteroatoms. The van der Waals surface area contributed by atoms with Gasteiger partial charge in [0, 0.05) is 19.0 Å². The Kier molecular flexibility index (Phi) is 4.62. The van der Waals surface area contributed by atoms with E-state index in [4.69, 9.17) is 9.88 Å². The summed E-state index contributed by atoms with van der Waals surface area (Å²) in [5.74, 6) is 0.948. The molecule has 2 aromatic rings. The van der Waals surface area contributed by atoms with Crippen LogP contribution < -0.4 is 15.2 Å². The number of hydrogen-bond donors (Lipinski definition) is 2. The number of rotatable bonds is 5. The molecule has 1 aliphatic heterocycles. The number of sulfonamides is 1. The summed E-state index contributed by atoms with van der Waals surface area (Å²) in [7, 11) is -3.71. The first kappa shape index (κ1) is 17.0. The topological polar surface area (TPSA) is 81.4 Å². The van der Waals surface area contributed by atoms with Gasteiger partial charge in [0.25, 0.3) is 0 Å². The van der Waals surface area contributed by atoms with E-state index in [2.05, 4.69) is 11.4 Å². The molecule has 1 heterocycles. The molecule has 3 N–H and O–H groups in total. The summed E-state index contributed by atoms with van der Waals surface area (Å²) in [6, 6.07) is 13.4. The maximum Gasteiger partial charge on any atom is 0.238 e. The van der Waals surface area contributed by atoms with Crippen molar-refractivity contribution < 1.29 is 13.2 Å². The lowest BCUT2D eigenvalue weighted by atomic mass is 10.1. The highest BCUT2D eigenvalue weighted by Gasteiger charge is 2.23. The normalized spacial score (nSPS) is 18.0. The molecule has 0 aromatic heterocycles. The molecule has 0 radical (unpaired) electrons. The number of nitrogens with two attached hydrogens (primary N) is 1. The number of primary sulfonamides is 1. The minimum absolute atomic E-state index is 0.00147. The number of fused-ring (bicyclic) bond motifs is 1. The van der Waals surface area contributed by atoms with Crippen molar-refractivity contribution >= 4 is 10.0 Å². The summed E-state index contributed by atoms with van der Waals surface area (Å²) in [6.07, 6.45) is 0.972. The predicted molar refractivity (Wildman–Crippen MR) is 93.5 cm³/mol. The zero-order valence-electron chi connectivity index (χ0n) is 13.8. The summed E-state index contributed by atoms with van der Waals surface area (Å²) < 4.78 is 29.2. The third-order valence-electron chi connectivity index (χ3n) is 4.38. The lowest BCUT2D eigenvalue weighted by molar-refractivity contribution is 0.222. The number of nitrogens with one attached hydrogen (secondary N) is 1. The van der Waals surface area contributed by atoms with Gasteiger partial charge in [-0.25, -0.2) is 13.6 Å². The van der Waals surface area contributed by atoms with Crippen LogP contribution >= 0.6 is 0 Å². The molecule has 0 unspecified atom stereocenters. The van der Waals surface area contributed by atoms with Crippen molar-refractivity contribution in [3.63, 3.8) is 0 Å². The molecule has 0 spiro atoms. The van der Waals surface area contributed by atoms with Crippen molar-refractivity contribution in [2.75, 3.05) is 6.54 Å². The van der Waals surface area contributed by atoms with E-state index >= 15 is 0 Å². The average molecular weight is 346 g/mol. The lowest BCUT2D eigenvalue weighted by Gasteiger charge is -2.18. The van der Waals surface area contributed by atoms with Crippen molar-refractivity contribution in [3.8, 4) is 5.75 Å². The highest BCUT2D eigenvalue weighted by Crippen LogP contribution is 2.28. The quantitative estimate of drug-likeness (QED) is 0.870. The number of ether oxygens (including phenoxy) is 1. The molecule has 2 aromatic carbocycles. The second-order valence-electron chi connectivity index (χ2n) is 6.25. The first-order chi connectivity index (χ1) is 11.3. The van der Waals surface area contributed by atoms with Crippen LogP contribution in [0.25, 0.3) is 0 Å². The summed E-state index contributed by atoms with van der Waals surface area (Å²) in [5, 5.41) is 8.69. The van der Waals surface area contributed by atoms with Gasteiger partial charge in [-0.05, 0) is 42.7 Å². The van der Waals surface area contributed by atoms with Crippen LogP contribution in [0.15, 0.2) is 47.4 Å². The fraction of sp³-hybridized carbons (Fsp3) is 0.333. The fourth-order valence-electron chi connectivity index (χ4n) is 2.99. The van der Waals surface area contributed by atoms with Gasteiger partial charge in [0.15, 0.2) is 0 Å². The van der Waals surface area contributed by atoms with Gasteiger partial charge in [-0.2, -0.15) is 0 Å². The van der Waals surface area contributed by atoms with Crippen molar-refractivity contribution in [1.29, 1.82) is 0 Å². The largest absolute Gasteiger partial charge is 0.488 e. The summed E-state index contributed by atoms with van der Waals surface area (Å²) in [6.45, 7) is 4.43. The van der Waals surface area contributed by atoms with E-state index in [1.54, 1.807) is 19.1 Å². The fourth-order valence-corrected chi connectivity index (χ4v) is 3.80. The molecule has 0 amide bonds. The Labute approximate surface area is 142 Å². The predicted octanol–water partition coefficient (Wildman–Crippen LogP) is 2.30. The smallest absolute Gasteiger partial charge is 0.238 e. The minimum Gasteiger partial charge on any atom is -0.488 e. The standard InChI is InChI=1S/C18H22N2O3S/c1-12-7-8-14(10-18(12)24(19,21)22)13(2)20-11-16-9-15-5-3-4-6-17(15)23-16/h3-8,10,13,16,20H,9,11H2,1-2H3,(H2,19,21,22)/t13-,16-/m1/s1. The van der Waals surface area contributed by atoms with Gasteiger partial charge < -0.3 is 10.1 Å². The maximum atomic E-state index is 11.7. The minimum atomic E-state index is -3.71. The van der Waals surface area contributed by atoms with E-state index in [1.807, 2.05) is 31.2 Å². The Morgan fingerprint density at radius 1 is 1.29 bits per heavy atom. The second kappa shape index (κ2) is 6.55. The van der Waals surface area contributed by atoms with E-state index in [0.717, 1.165) is 17.7 Å². The van der Waals surface area contributed by atoms with Gasteiger partial charge in [0.05, 0.1) is 4.90 Å². The average Bonchev–Trinajstić information content (AvgIpc) is 2.94. The lowest BCUT2D eigenvalue weighted by Crippen LogP contribution is -2.32. The van der Waals surface area contributed by atoms with Crippen LogP contribution in [0.2, 0.25) is 0 Å². The van der Waals surface area contributed by atoms with Crippen LogP contribution in [0.4, 0.5) is 0 Å². The molecule has 0 saturated carbocycles. The second-order valence-corrected chi connectivity index (χ2v) is 7.78. The summed E-state index contributed by atoms with van der Waals surface area (Å²) in [4.78, 5) is 0.179. The van der Waals surface area contributed by atoms with E-state index in [9.17, 15) is 8.42 Å². The van der Waals surface area contributed by atoms with Crippen LogP contribution in [-0.2, 0) is 16.4 Å². The van der Waals surface area contributed by atoms with Gasteiger partial charge in [-0.1, -0.05) is 30.3 Å². The van der Waals surface area contributed by atoms with E-state index in [-0.39, 0.29) is 17.0 Å². The molecular formula is C18H22N2O3S. The highest BCUT2D eigenvalue weighted by atomic mass is 32.2. The van der Waals surface area contributed by atoms with E-state index in [0.29, 0.717) is 12.1 Å². The van der Waals surface area contributed by atoms with Gasteiger partial charge in [0.1, 0.15) is 11.9 Å². The van der Waals surface area contributed by atoms with Crippen LogP contribution in [0.1, 0.15) is 29.7 Å². The van der Waals surface area contributed by atoms with Gasteiger partial charge >= 0.3 is 0 Å². The maximum absolute atomic E-state index is 11.7. The van der Waals surface area contributed by atoms with Crippen LogP contribution in [0.5, 0.6) is 5.75 Å². The monoisotopic (exact) mass is 346 g/mol. The van der Waals surface area contributed by atoms with Gasteiger partial charge in [-0.15, -0.1) is 0 Å². The Balaban J connectivity index is 1.65. The zero-order valence-corrected chi connectivity index (χ0v) is 14.6. The molecule has 1 aliphatic rings. The highest BCUT2D eigenvalue weighted by molar-refractivity contribution is 7.89. The molecule has 0 saturated heterocycles. The molecule has 3 rings (SSSR count). The van der Waals surface area contributed by atoms with Crippen LogP contribution in [0, 0.1) is 6.92 Å². The first-order valence-electron chi connectivity index (χ1n) is 7.96. The molecule has 0 bridgehead atoms. The Morgan fingerprint density at radius 3 is 2.75 bits per heavy atom. The number of benzene rings is 2. The van der Waals surface area contributed by atoms with E-state index < -0.39 is 10.0 Å². The van der Waals surface area contributed by atoms with Crippen LogP contribution in [-0.4, -0.2) is 21.1 Å². The summed E-state index contributed by atoms with van der Waals surface area (Å²) >= 11 is 0. The zero-order chi connectivity index (χ0) is 17.3. The third-order valence-corrected chi connectivity index (χ3v) is 5.44. The van der Waals surface area contributed by atoms with Gasteiger partial charge in [-0.3, -0.25) is 0 Å². The van der Waals surface area contributed by atoms with Crippen LogP contribution in [0.3, 0.4) is 0 Å². The van der Waals surface area contributed by atoms with E-state index in [1.165, 1.54) is 5.56 Å². The molecule has 24 heavy (non-hydrogen) atoms. The SMILES string of the molecule is Cc1ccc([C@@H](C)NC[C@H]2Cc3ccccc3O2)cc1S(N)(=O)=O. The van der Waals surface area contributed by atoms with Crippen molar-refractivity contribution in [3.05, 3.63) is 59.2 Å². The Morgan fingerprint density at radius 2 is 2.04 bits per heavy atom. The van der Waals surface area contributed by atoms with Crippen molar-refractivity contribution in [2.24, 2.45) is 5.14 Å².